The van der Waals surface area contributed by atoms with E-state index in [1.54, 1.807) is 0 Å². The van der Waals surface area contributed by atoms with Crippen LogP contribution >= 0.6 is 0 Å². The number of nitrogens with two attached hydrogens (primary N) is 1. The topological polar surface area (TPSA) is 55.1 Å². The van der Waals surface area contributed by atoms with Crippen molar-refractivity contribution in [2.24, 2.45) is 5.73 Å². The number of hydrogen-bond acceptors (Lipinski definition) is 2. The highest BCUT2D eigenvalue weighted by Gasteiger charge is 2.11. The molecule has 3 heteroatoms. The normalized spacial score (nSPS) is 12.9. The molecular formula is C8H18N2O. The first-order valence-corrected chi connectivity index (χ1v) is 4.25. The summed E-state index contributed by atoms with van der Waals surface area (Å²) in [6.45, 7) is 4.88. The van der Waals surface area contributed by atoms with E-state index in [2.05, 4.69) is 12.2 Å². The molecule has 0 aliphatic carbocycles. The number of primary amides is 1. The Morgan fingerprint density at radius 2 is 2.18 bits per heavy atom. The summed E-state index contributed by atoms with van der Waals surface area (Å²) in [5.41, 5.74) is 5.16. The Balaban J connectivity index is 3.60. The Labute approximate surface area is 68.3 Å². The van der Waals surface area contributed by atoms with Gasteiger partial charge in [0.25, 0.3) is 0 Å². The highest BCUT2D eigenvalue weighted by Crippen LogP contribution is 1.99. The quantitative estimate of drug-likeness (QED) is 0.596. The molecule has 0 spiro atoms. The Hall–Kier alpha value is -0.570. The molecule has 0 aliphatic heterocycles. The van der Waals surface area contributed by atoms with Gasteiger partial charge >= 0.3 is 0 Å². The number of likely N-dealkylation sites (N-methyl/N-ethyl adjacent to an activating group) is 1. The van der Waals surface area contributed by atoms with Gasteiger partial charge in [0, 0.05) is 0 Å². The van der Waals surface area contributed by atoms with Crippen molar-refractivity contribution in [3.63, 3.8) is 0 Å². The molecule has 66 valence electrons. The summed E-state index contributed by atoms with van der Waals surface area (Å²) in [6, 6.07) is -0.125. The number of rotatable bonds is 6. The summed E-state index contributed by atoms with van der Waals surface area (Å²) < 4.78 is 0. The zero-order chi connectivity index (χ0) is 8.69. The Morgan fingerprint density at radius 1 is 1.55 bits per heavy atom. The van der Waals surface area contributed by atoms with E-state index >= 15 is 0 Å². The lowest BCUT2D eigenvalue weighted by Gasteiger charge is -2.12. The molecule has 0 heterocycles. The zero-order valence-electron chi connectivity index (χ0n) is 7.39. The third kappa shape index (κ3) is 4.79. The van der Waals surface area contributed by atoms with E-state index in [4.69, 9.17) is 5.73 Å². The average molecular weight is 158 g/mol. The first-order valence-electron chi connectivity index (χ1n) is 4.25. The van der Waals surface area contributed by atoms with E-state index in [-0.39, 0.29) is 11.9 Å². The van der Waals surface area contributed by atoms with Crippen LogP contribution in [-0.4, -0.2) is 18.5 Å². The molecule has 0 unspecified atom stereocenters. The van der Waals surface area contributed by atoms with Gasteiger partial charge in [-0.25, -0.2) is 0 Å². The van der Waals surface area contributed by atoms with Crippen molar-refractivity contribution in [2.45, 2.75) is 39.2 Å². The van der Waals surface area contributed by atoms with E-state index in [0.29, 0.717) is 0 Å². The van der Waals surface area contributed by atoms with Gasteiger partial charge in [0.2, 0.25) is 5.91 Å². The number of carbonyl (C=O) groups excluding carboxylic acids is 1. The Kier molecular flexibility index (Phi) is 5.84. The zero-order valence-corrected chi connectivity index (χ0v) is 7.39. The van der Waals surface area contributed by atoms with Crippen LogP contribution in [0.5, 0.6) is 0 Å². The van der Waals surface area contributed by atoms with Crippen molar-refractivity contribution in [2.75, 3.05) is 6.54 Å². The predicted octanol–water partition coefficient (Wildman–Crippen LogP) is 0.640. The molecular weight excluding hydrogens is 140 g/mol. The number of hydrogen-bond donors (Lipinski definition) is 2. The van der Waals surface area contributed by atoms with Gasteiger partial charge in [-0.2, -0.15) is 0 Å². The van der Waals surface area contributed by atoms with E-state index in [1.165, 1.54) is 0 Å². The monoisotopic (exact) mass is 158 g/mol. The number of amides is 1. The summed E-state index contributed by atoms with van der Waals surface area (Å²) in [4.78, 5) is 10.8. The minimum atomic E-state index is -0.236. The van der Waals surface area contributed by atoms with Crippen LogP contribution in [0.25, 0.3) is 0 Å². The van der Waals surface area contributed by atoms with Crippen molar-refractivity contribution in [3.05, 3.63) is 0 Å². The fourth-order valence-electron chi connectivity index (χ4n) is 1.000. The minimum Gasteiger partial charge on any atom is -0.368 e. The lowest BCUT2D eigenvalue weighted by molar-refractivity contribution is -0.120. The van der Waals surface area contributed by atoms with E-state index in [0.717, 1.165) is 25.8 Å². The Bertz CT molecular complexity index is 115. The predicted molar refractivity (Wildman–Crippen MR) is 46.2 cm³/mol. The van der Waals surface area contributed by atoms with Gasteiger partial charge in [-0.3, -0.25) is 4.79 Å². The molecule has 1 atom stereocenters. The van der Waals surface area contributed by atoms with Gasteiger partial charge in [-0.15, -0.1) is 0 Å². The average Bonchev–Trinajstić information content (AvgIpc) is 1.97. The summed E-state index contributed by atoms with van der Waals surface area (Å²) in [5.74, 6) is -0.236. The summed E-state index contributed by atoms with van der Waals surface area (Å²) >= 11 is 0. The highest BCUT2D eigenvalue weighted by atomic mass is 16.1. The summed E-state index contributed by atoms with van der Waals surface area (Å²) in [7, 11) is 0. The number of carbonyl (C=O) groups is 1. The third-order valence-electron chi connectivity index (χ3n) is 1.64. The van der Waals surface area contributed by atoms with Crippen LogP contribution in [0, 0.1) is 0 Å². The first-order chi connectivity index (χ1) is 5.22. The molecule has 0 aliphatic rings. The molecule has 0 aromatic heterocycles. The molecule has 11 heavy (non-hydrogen) atoms. The maximum atomic E-state index is 10.8. The molecule has 0 radical (unpaired) electrons. The van der Waals surface area contributed by atoms with Gasteiger partial charge in [0.1, 0.15) is 0 Å². The van der Waals surface area contributed by atoms with Crippen LogP contribution in [0.15, 0.2) is 0 Å². The largest absolute Gasteiger partial charge is 0.368 e. The molecule has 0 bridgehead atoms. The Morgan fingerprint density at radius 3 is 2.55 bits per heavy atom. The fraction of sp³-hybridized carbons (Fsp3) is 0.875. The standard InChI is InChI=1S/C8H18N2O/c1-3-5-6-7(8(9)11)10-4-2/h7,10H,3-6H2,1-2H3,(H2,9,11)/t7-/m0/s1. The van der Waals surface area contributed by atoms with Crippen LogP contribution in [0.4, 0.5) is 0 Å². The summed E-state index contributed by atoms with van der Waals surface area (Å²) in [5, 5.41) is 3.04. The highest BCUT2D eigenvalue weighted by molar-refractivity contribution is 5.79. The van der Waals surface area contributed by atoms with Crippen molar-refractivity contribution in [1.82, 2.24) is 5.32 Å². The van der Waals surface area contributed by atoms with E-state index < -0.39 is 0 Å². The van der Waals surface area contributed by atoms with Gasteiger partial charge in [-0.05, 0) is 13.0 Å². The molecule has 0 aromatic rings. The van der Waals surface area contributed by atoms with Crippen molar-refractivity contribution in [1.29, 1.82) is 0 Å². The molecule has 0 saturated heterocycles. The number of nitrogens with one attached hydrogen (secondary N) is 1. The minimum absolute atomic E-state index is 0.125. The maximum Gasteiger partial charge on any atom is 0.234 e. The van der Waals surface area contributed by atoms with Crippen LogP contribution in [0.1, 0.15) is 33.1 Å². The second-order valence-corrected chi connectivity index (χ2v) is 2.65. The molecule has 3 nitrogen and oxygen atoms in total. The van der Waals surface area contributed by atoms with Gasteiger partial charge in [0.05, 0.1) is 6.04 Å². The van der Waals surface area contributed by atoms with E-state index in [9.17, 15) is 4.79 Å². The lowest BCUT2D eigenvalue weighted by Crippen LogP contribution is -2.40. The van der Waals surface area contributed by atoms with Crippen LogP contribution in [-0.2, 0) is 4.79 Å². The lowest BCUT2D eigenvalue weighted by atomic mass is 10.1. The van der Waals surface area contributed by atoms with Crippen molar-refractivity contribution in [3.8, 4) is 0 Å². The van der Waals surface area contributed by atoms with Crippen LogP contribution in [0.2, 0.25) is 0 Å². The van der Waals surface area contributed by atoms with Gasteiger partial charge in [-0.1, -0.05) is 26.7 Å². The molecule has 0 rings (SSSR count). The second kappa shape index (κ2) is 6.16. The van der Waals surface area contributed by atoms with Crippen LogP contribution < -0.4 is 11.1 Å². The molecule has 0 saturated carbocycles. The molecule has 0 fully saturated rings. The number of unbranched alkanes of at least 4 members (excludes halogenated alkanes) is 1. The molecule has 1 amide bonds. The SMILES string of the molecule is CCCC[C@H](NCC)C(N)=O. The van der Waals surface area contributed by atoms with E-state index in [1.807, 2.05) is 6.92 Å². The fourth-order valence-corrected chi connectivity index (χ4v) is 1.000. The summed E-state index contributed by atoms with van der Waals surface area (Å²) in [6.07, 6.45) is 3.02. The first kappa shape index (κ1) is 10.4. The van der Waals surface area contributed by atoms with Gasteiger partial charge < -0.3 is 11.1 Å². The third-order valence-corrected chi connectivity index (χ3v) is 1.64. The van der Waals surface area contributed by atoms with Gasteiger partial charge in [0.15, 0.2) is 0 Å². The van der Waals surface area contributed by atoms with Crippen LogP contribution in [0.3, 0.4) is 0 Å². The second-order valence-electron chi connectivity index (χ2n) is 2.65. The van der Waals surface area contributed by atoms with Crippen molar-refractivity contribution >= 4 is 5.91 Å². The van der Waals surface area contributed by atoms with Crippen molar-refractivity contribution < 1.29 is 4.79 Å². The smallest absolute Gasteiger partial charge is 0.234 e. The molecule has 3 N–H and O–H groups in total. The maximum absolute atomic E-state index is 10.8. The molecule has 0 aromatic carbocycles.